The Hall–Kier alpha value is -0.850. The molecule has 3 nitrogen and oxygen atoms in total. The summed E-state index contributed by atoms with van der Waals surface area (Å²) >= 11 is 5.04. The standard InChI is InChI=1S/C11H16F3N3S/c1-2-17-9(15-16-10(17)18)7-5-3-4-6-8(7)11(12,13)14/h7-8H,2-6H2,1H3,(H,16,18). The van der Waals surface area contributed by atoms with Crippen molar-refractivity contribution in [1.82, 2.24) is 14.8 Å². The number of hydrogen-bond donors (Lipinski definition) is 1. The zero-order valence-electron chi connectivity index (χ0n) is 10.1. The molecule has 1 aliphatic rings. The predicted octanol–water partition coefficient (Wildman–Crippen LogP) is 3.80. The Kier molecular flexibility index (Phi) is 3.79. The summed E-state index contributed by atoms with van der Waals surface area (Å²) in [7, 11) is 0. The maximum atomic E-state index is 13.0. The van der Waals surface area contributed by atoms with Crippen molar-refractivity contribution in [3.8, 4) is 0 Å². The first-order valence-electron chi connectivity index (χ1n) is 6.17. The van der Waals surface area contributed by atoms with E-state index in [1.807, 2.05) is 6.92 Å². The van der Waals surface area contributed by atoms with Gasteiger partial charge in [-0.05, 0) is 32.0 Å². The molecular formula is C11H16F3N3S. The molecule has 102 valence electrons. The summed E-state index contributed by atoms with van der Waals surface area (Å²) < 4.78 is 41.2. The third-order valence-electron chi connectivity index (χ3n) is 3.62. The van der Waals surface area contributed by atoms with Gasteiger partial charge in [0.05, 0.1) is 5.92 Å². The number of alkyl halides is 3. The fourth-order valence-electron chi connectivity index (χ4n) is 2.75. The zero-order valence-corrected chi connectivity index (χ0v) is 10.9. The van der Waals surface area contributed by atoms with Crippen LogP contribution in [0.4, 0.5) is 13.2 Å². The van der Waals surface area contributed by atoms with Crippen LogP contribution >= 0.6 is 12.2 Å². The Labute approximate surface area is 108 Å². The minimum absolute atomic E-state index is 0.192. The second-order valence-corrected chi connectivity index (χ2v) is 5.06. The van der Waals surface area contributed by atoms with Crippen molar-refractivity contribution in [2.75, 3.05) is 0 Å². The zero-order chi connectivity index (χ0) is 13.3. The second-order valence-electron chi connectivity index (χ2n) is 4.67. The summed E-state index contributed by atoms with van der Waals surface area (Å²) in [6, 6.07) is 0. The Morgan fingerprint density at radius 3 is 2.67 bits per heavy atom. The number of nitrogens with zero attached hydrogens (tertiary/aromatic N) is 2. The van der Waals surface area contributed by atoms with Gasteiger partial charge in [0.2, 0.25) is 0 Å². The molecule has 1 aliphatic carbocycles. The van der Waals surface area contributed by atoms with E-state index in [1.54, 1.807) is 4.57 Å². The summed E-state index contributed by atoms with van der Waals surface area (Å²) in [6.07, 6.45) is -1.98. The lowest BCUT2D eigenvalue weighted by molar-refractivity contribution is -0.188. The minimum Gasteiger partial charge on any atom is -0.304 e. The number of H-pyrrole nitrogens is 1. The molecule has 0 aromatic carbocycles. The van der Waals surface area contributed by atoms with Crippen LogP contribution < -0.4 is 0 Å². The first-order valence-corrected chi connectivity index (χ1v) is 6.57. The van der Waals surface area contributed by atoms with E-state index in [9.17, 15) is 13.2 Å². The fraction of sp³-hybridized carbons (Fsp3) is 0.818. The molecule has 2 atom stereocenters. The van der Waals surface area contributed by atoms with Gasteiger partial charge in [-0.1, -0.05) is 12.8 Å². The summed E-state index contributed by atoms with van der Waals surface area (Å²) in [5.41, 5.74) is 0. The van der Waals surface area contributed by atoms with E-state index in [4.69, 9.17) is 12.2 Å². The number of hydrogen-bond acceptors (Lipinski definition) is 2. The van der Waals surface area contributed by atoms with E-state index in [1.165, 1.54) is 0 Å². The Bertz CT molecular complexity index is 463. The van der Waals surface area contributed by atoms with Crippen LogP contribution in [-0.2, 0) is 6.54 Å². The summed E-state index contributed by atoms with van der Waals surface area (Å²) in [6.45, 7) is 2.41. The van der Waals surface area contributed by atoms with E-state index in [0.29, 0.717) is 30.0 Å². The van der Waals surface area contributed by atoms with Gasteiger partial charge in [0.15, 0.2) is 4.77 Å². The van der Waals surface area contributed by atoms with E-state index in [-0.39, 0.29) is 6.42 Å². The molecule has 0 aliphatic heterocycles. The first-order chi connectivity index (χ1) is 8.45. The number of aromatic amines is 1. The van der Waals surface area contributed by atoms with E-state index in [0.717, 1.165) is 6.42 Å². The fourth-order valence-corrected chi connectivity index (χ4v) is 3.02. The molecule has 2 unspecified atom stereocenters. The highest BCUT2D eigenvalue weighted by Crippen LogP contribution is 2.45. The van der Waals surface area contributed by atoms with Gasteiger partial charge in [-0.3, -0.25) is 5.10 Å². The van der Waals surface area contributed by atoms with Crippen LogP contribution in [0.15, 0.2) is 0 Å². The lowest BCUT2D eigenvalue weighted by atomic mass is 9.78. The van der Waals surface area contributed by atoms with Gasteiger partial charge in [0, 0.05) is 12.5 Å². The molecule has 2 rings (SSSR count). The number of nitrogens with one attached hydrogen (secondary N) is 1. The highest BCUT2D eigenvalue weighted by Gasteiger charge is 2.47. The van der Waals surface area contributed by atoms with Crippen molar-refractivity contribution in [3.05, 3.63) is 10.6 Å². The second kappa shape index (κ2) is 5.03. The van der Waals surface area contributed by atoms with Crippen LogP contribution in [0.2, 0.25) is 0 Å². The maximum absolute atomic E-state index is 13.0. The SMILES string of the molecule is CCn1c(C2CCCCC2C(F)(F)F)n[nH]c1=S. The quantitative estimate of drug-likeness (QED) is 0.835. The van der Waals surface area contributed by atoms with Gasteiger partial charge in [0.25, 0.3) is 0 Å². The molecule has 0 radical (unpaired) electrons. The van der Waals surface area contributed by atoms with Gasteiger partial charge in [-0.15, -0.1) is 0 Å². The molecule has 1 heterocycles. The molecule has 18 heavy (non-hydrogen) atoms. The van der Waals surface area contributed by atoms with Crippen molar-refractivity contribution in [2.45, 2.75) is 51.2 Å². The molecule has 0 bridgehead atoms. The molecule has 0 spiro atoms. The molecule has 0 amide bonds. The van der Waals surface area contributed by atoms with Gasteiger partial charge >= 0.3 is 6.18 Å². The number of rotatable bonds is 2. The topological polar surface area (TPSA) is 33.6 Å². The molecule has 1 aromatic rings. The minimum atomic E-state index is -4.16. The monoisotopic (exact) mass is 279 g/mol. The van der Waals surface area contributed by atoms with Gasteiger partial charge in [-0.2, -0.15) is 18.3 Å². The highest BCUT2D eigenvalue weighted by atomic mass is 32.1. The smallest absolute Gasteiger partial charge is 0.304 e. The van der Waals surface area contributed by atoms with E-state index >= 15 is 0 Å². The maximum Gasteiger partial charge on any atom is 0.392 e. The number of halogens is 3. The average Bonchev–Trinajstić information content (AvgIpc) is 2.69. The summed E-state index contributed by atoms with van der Waals surface area (Å²) in [5.74, 6) is -1.39. The molecule has 0 saturated heterocycles. The Morgan fingerprint density at radius 2 is 2.06 bits per heavy atom. The van der Waals surface area contributed by atoms with Gasteiger partial charge in [-0.25, -0.2) is 0 Å². The van der Waals surface area contributed by atoms with Crippen molar-refractivity contribution >= 4 is 12.2 Å². The van der Waals surface area contributed by atoms with Gasteiger partial charge < -0.3 is 4.57 Å². The van der Waals surface area contributed by atoms with Crippen molar-refractivity contribution in [3.63, 3.8) is 0 Å². The van der Waals surface area contributed by atoms with Gasteiger partial charge in [0.1, 0.15) is 5.82 Å². The highest BCUT2D eigenvalue weighted by molar-refractivity contribution is 7.71. The first kappa shape index (κ1) is 13.6. The van der Waals surface area contributed by atoms with Crippen molar-refractivity contribution in [1.29, 1.82) is 0 Å². The van der Waals surface area contributed by atoms with E-state index in [2.05, 4.69) is 10.2 Å². The predicted molar refractivity (Wildman–Crippen MR) is 63.8 cm³/mol. The molecule has 1 fully saturated rings. The summed E-state index contributed by atoms with van der Waals surface area (Å²) in [5, 5.41) is 6.63. The third-order valence-corrected chi connectivity index (χ3v) is 3.93. The van der Waals surface area contributed by atoms with Crippen LogP contribution in [0, 0.1) is 10.7 Å². The van der Waals surface area contributed by atoms with Crippen LogP contribution in [0.25, 0.3) is 0 Å². The lowest BCUT2D eigenvalue weighted by Gasteiger charge is -2.32. The molecule has 1 saturated carbocycles. The van der Waals surface area contributed by atoms with Crippen LogP contribution in [0.1, 0.15) is 44.3 Å². The lowest BCUT2D eigenvalue weighted by Crippen LogP contribution is -2.33. The summed E-state index contributed by atoms with van der Waals surface area (Å²) in [4.78, 5) is 0. The third kappa shape index (κ3) is 2.46. The molecule has 1 N–H and O–H groups in total. The molecule has 7 heteroatoms. The van der Waals surface area contributed by atoms with E-state index < -0.39 is 18.0 Å². The van der Waals surface area contributed by atoms with Crippen molar-refractivity contribution in [2.24, 2.45) is 5.92 Å². The Balaban J connectivity index is 2.37. The average molecular weight is 279 g/mol. The van der Waals surface area contributed by atoms with Crippen LogP contribution in [0.3, 0.4) is 0 Å². The molecular weight excluding hydrogens is 263 g/mol. The normalized spacial score (nSPS) is 25.3. The van der Waals surface area contributed by atoms with Crippen LogP contribution in [0.5, 0.6) is 0 Å². The Morgan fingerprint density at radius 1 is 1.39 bits per heavy atom. The number of aromatic nitrogens is 3. The molecule has 1 aromatic heterocycles. The largest absolute Gasteiger partial charge is 0.392 e. The van der Waals surface area contributed by atoms with Crippen LogP contribution in [-0.4, -0.2) is 20.9 Å². The van der Waals surface area contributed by atoms with Crippen molar-refractivity contribution < 1.29 is 13.2 Å².